The Morgan fingerprint density at radius 3 is 2.89 bits per heavy atom. The van der Waals surface area contributed by atoms with Gasteiger partial charge in [0.05, 0.1) is 18.8 Å². The lowest BCUT2D eigenvalue weighted by molar-refractivity contribution is -0.127. The van der Waals surface area contributed by atoms with E-state index in [4.69, 9.17) is 10.5 Å². The van der Waals surface area contributed by atoms with Crippen LogP contribution in [0.1, 0.15) is 15.9 Å². The number of rotatable bonds is 2. The average molecular weight is 266 g/mol. The zero-order valence-corrected chi connectivity index (χ0v) is 10.6. The second-order valence-electron chi connectivity index (χ2n) is 4.47. The average Bonchev–Trinajstić information content (AvgIpc) is 2.40. The van der Waals surface area contributed by atoms with E-state index in [9.17, 15) is 14.0 Å². The maximum atomic E-state index is 13.7. The number of morpholine rings is 1. The highest BCUT2D eigenvalue weighted by atomic mass is 19.1. The summed E-state index contributed by atoms with van der Waals surface area (Å²) in [6, 6.07) is 3.44. The van der Waals surface area contributed by atoms with E-state index in [0.717, 1.165) is 5.56 Å². The number of carbonyl (C=O) groups excluding carboxylic acids is 2. The van der Waals surface area contributed by atoms with Crippen LogP contribution in [0, 0.1) is 12.7 Å². The summed E-state index contributed by atoms with van der Waals surface area (Å²) in [6.45, 7) is 2.35. The van der Waals surface area contributed by atoms with Crippen LogP contribution >= 0.6 is 0 Å². The lowest BCUT2D eigenvalue weighted by Crippen LogP contribution is -2.54. The molecule has 1 atom stereocenters. The van der Waals surface area contributed by atoms with Crippen molar-refractivity contribution in [2.45, 2.75) is 13.0 Å². The smallest absolute Gasteiger partial charge is 0.257 e. The first-order chi connectivity index (χ1) is 9.00. The number of benzene rings is 1. The number of aryl methyl sites for hydroxylation is 1. The van der Waals surface area contributed by atoms with Crippen LogP contribution in [0.15, 0.2) is 18.2 Å². The summed E-state index contributed by atoms with van der Waals surface area (Å²) in [4.78, 5) is 24.9. The number of hydrogen-bond acceptors (Lipinski definition) is 3. The molecule has 19 heavy (non-hydrogen) atoms. The van der Waals surface area contributed by atoms with Gasteiger partial charge < -0.3 is 15.4 Å². The van der Waals surface area contributed by atoms with Gasteiger partial charge in [0.25, 0.3) is 5.91 Å². The Morgan fingerprint density at radius 1 is 1.47 bits per heavy atom. The van der Waals surface area contributed by atoms with Gasteiger partial charge in [0.15, 0.2) is 0 Å². The molecule has 0 aromatic heterocycles. The molecule has 0 spiro atoms. The molecule has 2 rings (SSSR count). The third-order valence-electron chi connectivity index (χ3n) is 3.07. The van der Waals surface area contributed by atoms with Crippen LogP contribution in [0.4, 0.5) is 4.39 Å². The number of amides is 2. The van der Waals surface area contributed by atoms with Gasteiger partial charge >= 0.3 is 0 Å². The molecule has 0 aliphatic carbocycles. The van der Waals surface area contributed by atoms with Gasteiger partial charge in [-0.3, -0.25) is 9.59 Å². The first-order valence-electron chi connectivity index (χ1n) is 5.95. The zero-order valence-electron chi connectivity index (χ0n) is 10.6. The fourth-order valence-corrected chi connectivity index (χ4v) is 2.04. The van der Waals surface area contributed by atoms with Crippen molar-refractivity contribution in [2.24, 2.45) is 5.73 Å². The monoisotopic (exact) mass is 266 g/mol. The van der Waals surface area contributed by atoms with Crippen LogP contribution in [-0.4, -0.2) is 42.5 Å². The number of nitrogens with zero attached hydrogens (tertiary/aromatic N) is 1. The Balaban J connectivity index is 2.31. The molecule has 1 aromatic rings. The second-order valence-corrected chi connectivity index (χ2v) is 4.47. The van der Waals surface area contributed by atoms with Gasteiger partial charge in [-0.05, 0) is 19.1 Å². The Kier molecular flexibility index (Phi) is 3.80. The Morgan fingerprint density at radius 2 is 2.21 bits per heavy atom. The molecule has 102 valence electrons. The molecule has 1 saturated heterocycles. The van der Waals surface area contributed by atoms with Gasteiger partial charge in [0.2, 0.25) is 5.91 Å². The normalized spacial score (nSPS) is 19.3. The molecule has 6 heteroatoms. The summed E-state index contributed by atoms with van der Waals surface area (Å²) >= 11 is 0. The van der Waals surface area contributed by atoms with E-state index in [2.05, 4.69) is 0 Å². The molecule has 1 aromatic carbocycles. The van der Waals surface area contributed by atoms with Crippen LogP contribution in [0.3, 0.4) is 0 Å². The molecular weight excluding hydrogens is 251 g/mol. The minimum atomic E-state index is -0.846. The molecule has 5 nitrogen and oxygen atoms in total. The van der Waals surface area contributed by atoms with E-state index in [1.54, 1.807) is 13.0 Å². The van der Waals surface area contributed by atoms with E-state index in [1.165, 1.54) is 17.0 Å². The maximum Gasteiger partial charge on any atom is 0.257 e. The van der Waals surface area contributed by atoms with Crippen molar-refractivity contribution >= 4 is 11.8 Å². The van der Waals surface area contributed by atoms with Gasteiger partial charge in [-0.25, -0.2) is 4.39 Å². The minimum Gasteiger partial charge on any atom is -0.377 e. The van der Waals surface area contributed by atoms with Crippen molar-refractivity contribution < 1.29 is 18.7 Å². The van der Waals surface area contributed by atoms with Gasteiger partial charge in [0, 0.05) is 6.54 Å². The van der Waals surface area contributed by atoms with Crippen LogP contribution in [0.2, 0.25) is 0 Å². The fraction of sp³-hybridized carbons (Fsp3) is 0.385. The molecule has 0 bridgehead atoms. The number of halogens is 1. The molecular formula is C13H15FN2O3. The number of carbonyl (C=O) groups is 2. The summed E-state index contributed by atoms with van der Waals surface area (Å²) in [5.74, 6) is -1.79. The maximum absolute atomic E-state index is 13.7. The lowest BCUT2D eigenvalue weighted by Gasteiger charge is -2.33. The molecule has 2 N–H and O–H groups in total. The fourth-order valence-electron chi connectivity index (χ4n) is 2.04. The summed E-state index contributed by atoms with van der Waals surface area (Å²) in [5.41, 5.74) is 5.96. The molecule has 0 radical (unpaired) electrons. The van der Waals surface area contributed by atoms with Crippen LogP contribution in [0.25, 0.3) is 0 Å². The third-order valence-corrected chi connectivity index (χ3v) is 3.07. The summed E-state index contributed by atoms with van der Waals surface area (Å²) in [5, 5.41) is 0. The zero-order chi connectivity index (χ0) is 14.0. The van der Waals surface area contributed by atoms with Gasteiger partial charge in [-0.2, -0.15) is 0 Å². The summed E-state index contributed by atoms with van der Waals surface area (Å²) in [6.07, 6.45) is 0. The predicted molar refractivity (Wildman–Crippen MR) is 66.0 cm³/mol. The quantitative estimate of drug-likeness (QED) is 0.845. The van der Waals surface area contributed by atoms with E-state index in [0.29, 0.717) is 6.61 Å². The largest absolute Gasteiger partial charge is 0.377 e. The van der Waals surface area contributed by atoms with Gasteiger partial charge in [-0.15, -0.1) is 0 Å². The van der Waals surface area contributed by atoms with Crippen LogP contribution in [-0.2, 0) is 9.53 Å². The molecule has 1 unspecified atom stereocenters. The molecule has 1 aliphatic heterocycles. The number of ether oxygens (including phenoxy) is 1. The minimum absolute atomic E-state index is 0.0480. The highest BCUT2D eigenvalue weighted by Crippen LogP contribution is 2.16. The van der Waals surface area contributed by atoms with Crippen molar-refractivity contribution in [2.75, 3.05) is 19.8 Å². The Hall–Kier alpha value is -1.95. The molecule has 1 fully saturated rings. The Labute approximate surface area is 110 Å². The van der Waals surface area contributed by atoms with Gasteiger partial charge in [0.1, 0.15) is 11.9 Å². The van der Waals surface area contributed by atoms with E-state index < -0.39 is 23.7 Å². The van der Waals surface area contributed by atoms with Crippen LogP contribution in [0.5, 0.6) is 0 Å². The van der Waals surface area contributed by atoms with Crippen molar-refractivity contribution in [3.8, 4) is 0 Å². The second kappa shape index (κ2) is 5.36. The first-order valence-corrected chi connectivity index (χ1v) is 5.95. The highest BCUT2D eigenvalue weighted by molar-refractivity contribution is 5.97. The van der Waals surface area contributed by atoms with Crippen molar-refractivity contribution in [3.63, 3.8) is 0 Å². The molecule has 0 saturated carbocycles. The number of nitrogens with two attached hydrogens (primary N) is 1. The van der Waals surface area contributed by atoms with E-state index in [-0.39, 0.29) is 18.7 Å². The van der Waals surface area contributed by atoms with E-state index >= 15 is 0 Å². The van der Waals surface area contributed by atoms with Crippen LogP contribution < -0.4 is 5.73 Å². The Bertz CT molecular complexity index is 519. The molecule has 2 amide bonds. The van der Waals surface area contributed by atoms with Gasteiger partial charge in [-0.1, -0.05) is 11.6 Å². The van der Waals surface area contributed by atoms with Crippen molar-refractivity contribution in [1.29, 1.82) is 0 Å². The third kappa shape index (κ3) is 2.73. The molecule has 1 aliphatic rings. The topological polar surface area (TPSA) is 72.6 Å². The summed E-state index contributed by atoms with van der Waals surface area (Å²) < 4.78 is 18.8. The highest BCUT2D eigenvalue weighted by Gasteiger charge is 2.32. The van der Waals surface area contributed by atoms with Crippen molar-refractivity contribution in [1.82, 2.24) is 4.90 Å². The summed E-state index contributed by atoms with van der Waals surface area (Å²) in [7, 11) is 0. The number of hydrogen-bond donors (Lipinski definition) is 1. The van der Waals surface area contributed by atoms with Crippen molar-refractivity contribution in [3.05, 3.63) is 35.1 Å². The van der Waals surface area contributed by atoms with E-state index in [1.807, 2.05) is 0 Å². The number of primary amides is 1. The lowest BCUT2D eigenvalue weighted by atomic mass is 10.1. The molecule has 1 heterocycles. The SMILES string of the molecule is Cc1ccc(F)c(C(=O)N2CCOCC2C(N)=O)c1. The first kappa shape index (κ1) is 13.5. The standard InChI is InChI=1S/C13H15FN2O3/c1-8-2-3-10(14)9(6-8)13(18)16-4-5-19-7-11(16)12(15)17/h2-3,6,11H,4-5,7H2,1H3,(H2,15,17). The predicted octanol–water partition coefficient (Wildman–Crippen LogP) is 0.460.